The monoisotopic (exact) mass is 176 g/mol. The number of esters is 1. The van der Waals surface area contributed by atoms with Crippen LogP contribution in [0.3, 0.4) is 0 Å². The summed E-state index contributed by atoms with van der Waals surface area (Å²) in [6.45, 7) is 1.61. The van der Waals surface area contributed by atoms with Crippen molar-refractivity contribution >= 4 is 11.9 Å². The average Bonchev–Trinajstić information content (AvgIpc) is 2.65. The Hall–Kier alpha value is -1.13. The predicted molar refractivity (Wildman–Crippen MR) is 36.2 cm³/mol. The topological polar surface area (TPSA) is 63.6 Å². The van der Waals surface area contributed by atoms with E-state index in [-0.39, 0.29) is 13.0 Å². The summed E-state index contributed by atoms with van der Waals surface area (Å²) in [6, 6.07) is 0. The van der Waals surface area contributed by atoms with Crippen LogP contribution < -0.4 is 0 Å². The summed E-state index contributed by atoms with van der Waals surface area (Å²) in [5.41, 5.74) is -2.26. The summed E-state index contributed by atoms with van der Waals surface area (Å²) < 4.78 is 17.5. The number of alkyl halides is 1. The fraction of sp³-hybridized carbons (Fsp3) is 0.714. The van der Waals surface area contributed by atoms with Crippen LogP contribution in [0.5, 0.6) is 0 Å². The standard InChI is InChI=1S/C7H9FO4/c1-2-12-6(11)7(8)3-4(7)5(9)10/h4H,2-3H2,1H3,(H,9,10)/t4-,7-/m1/s1. The Kier molecular flexibility index (Phi) is 2.04. The fourth-order valence-corrected chi connectivity index (χ4v) is 0.998. The highest BCUT2D eigenvalue weighted by atomic mass is 19.1. The molecule has 5 heteroatoms. The van der Waals surface area contributed by atoms with Crippen molar-refractivity contribution in [3.63, 3.8) is 0 Å². The van der Waals surface area contributed by atoms with E-state index in [0.717, 1.165) is 0 Å². The maximum absolute atomic E-state index is 13.1. The van der Waals surface area contributed by atoms with Crippen LogP contribution in [0, 0.1) is 5.92 Å². The Morgan fingerprint density at radius 2 is 2.33 bits per heavy atom. The minimum Gasteiger partial charge on any atom is -0.481 e. The van der Waals surface area contributed by atoms with Gasteiger partial charge in [-0.05, 0) is 6.92 Å². The zero-order valence-electron chi connectivity index (χ0n) is 6.54. The summed E-state index contributed by atoms with van der Waals surface area (Å²) in [7, 11) is 0. The van der Waals surface area contributed by atoms with Crippen molar-refractivity contribution < 1.29 is 23.8 Å². The Morgan fingerprint density at radius 3 is 2.67 bits per heavy atom. The van der Waals surface area contributed by atoms with Gasteiger partial charge in [0.2, 0.25) is 5.67 Å². The van der Waals surface area contributed by atoms with Crippen molar-refractivity contribution in [3.8, 4) is 0 Å². The Labute approximate surface area is 68.3 Å². The molecule has 1 saturated carbocycles. The van der Waals surface area contributed by atoms with Gasteiger partial charge in [0.15, 0.2) is 0 Å². The molecule has 12 heavy (non-hydrogen) atoms. The van der Waals surface area contributed by atoms with E-state index < -0.39 is 23.5 Å². The largest absolute Gasteiger partial charge is 0.481 e. The Morgan fingerprint density at radius 1 is 1.75 bits per heavy atom. The number of carboxylic acid groups (broad SMARTS) is 1. The highest BCUT2D eigenvalue weighted by Crippen LogP contribution is 2.48. The molecule has 0 spiro atoms. The van der Waals surface area contributed by atoms with Crippen molar-refractivity contribution in [3.05, 3.63) is 0 Å². The van der Waals surface area contributed by atoms with Gasteiger partial charge < -0.3 is 9.84 Å². The zero-order valence-corrected chi connectivity index (χ0v) is 6.54. The molecule has 0 radical (unpaired) electrons. The first-order valence-corrected chi connectivity index (χ1v) is 3.61. The molecule has 1 N–H and O–H groups in total. The minimum absolute atomic E-state index is 0.0663. The van der Waals surface area contributed by atoms with E-state index in [0.29, 0.717) is 0 Å². The van der Waals surface area contributed by atoms with Crippen molar-refractivity contribution in [2.45, 2.75) is 19.0 Å². The van der Waals surface area contributed by atoms with E-state index in [9.17, 15) is 14.0 Å². The van der Waals surface area contributed by atoms with E-state index in [4.69, 9.17) is 5.11 Å². The van der Waals surface area contributed by atoms with E-state index in [1.165, 1.54) is 0 Å². The molecule has 1 aliphatic carbocycles. The van der Waals surface area contributed by atoms with E-state index >= 15 is 0 Å². The molecular weight excluding hydrogens is 167 g/mol. The van der Waals surface area contributed by atoms with Crippen LogP contribution in [0.1, 0.15) is 13.3 Å². The van der Waals surface area contributed by atoms with Gasteiger partial charge in [0.25, 0.3) is 0 Å². The maximum Gasteiger partial charge on any atom is 0.344 e. The summed E-state index contributed by atoms with van der Waals surface area (Å²) in [5, 5.41) is 8.36. The van der Waals surface area contributed by atoms with Crippen molar-refractivity contribution in [2.75, 3.05) is 6.61 Å². The van der Waals surface area contributed by atoms with Gasteiger partial charge in [-0.2, -0.15) is 0 Å². The van der Waals surface area contributed by atoms with Gasteiger partial charge in [-0.15, -0.1) is 0 Å². The summed E-state index contributed by atoms with van der Waals surface area (Å²) in [6.07, 6.45) is -0.263. The van der Waals surface area contributed by atoms with Crippen LogP contribution in [-0.4, -0.2) is 29.3 Å². The van der Waals surface area contributed by atoms with Crippen LogP contribution in [0.2, 0.25) is 0 Å². The number of carbonyl (C=O) groups excluding carboxylic acids is 1. The molecule has 0 saturated heterocycles. The number of hydrogen-bond donors (Lipinski definition) is 1. The predicted octanol–water partition coefficient (Wildman–Crippen LogP) is 0.362. The average molecular weight is 176 g/mol. The molecular formula is C7H9FO4. The highest BCUT2D eigenvalue weighted by molar-refractivity contribution is 5.92. The second-order valence-corrected chi connectivity index (χ2v) is 2.68. The maximum atomic E-state index is 13.1. The molecule has 0 amide bonds. The van der Waals surface area contributed by atoms with E-state index in [2.05, 4.69) is 4.74 Å². The molecule has 0 aliphatic heterocycles. The molecule has 2 atom stereocenters. The quantitative estimate of drug-likeness (QED) is 0.630. The van der Waals surface area contributed by atoms with Crippen LogP contribution in [0.25, 0.3) is 0 Å². The fourth-order valence-electron chi connectivity index (χ4n) is 0.998. The second kappa shape index (κ2) is 2.73. The smallest absolute Gasteiger partial charge is 0.344 e. The number of carboxylic acids is 1. The van der Waals surface area contributed by atoms with Crippen LogP contribution in [-0.2, 0) is 14.3 Å². The third-order valence-electron chi connectivity index (χ3n) is 1.81. The number of halogens is 1. The van der Waals surface area contributed by atoms with Crippen LogP contribution in [0.4, 0.5) is 4.39 Å². The highest BCUT2D eigenvalue weighted by Gasteiger charge is 2.67. The minimum atomic E-state index is -2.26. The third-order valence-corrected chi connectivity index (χ3v) is 1.81. The molecule has 68 valence electrons. The van der Waals surface area contributed by atoms with E-state index in [1.54, 1.807) is 6.92 Å². The number of rotatable bonds is 3. The summed E-state index contributed by atoms with van der Waals surface area (Å²) in [5.74, 6) is -3.56. The van der Waals surface area contributed by atoms with Gasteiger partial charge in [0.05, 0.1) is 6.61 Å². The molecule has 0 heterocycles. The van der Waals surface area contributed by atoms with Gasteiger partial charge >= 0.3 is 11.9 Å². The molecule has 1 fully saturated rings. The first-order chi connectivity index (χ1) is 5.52. The molecule has 0 aromatic carbocycles. The third kappa shape index (κ3) is 1.26. The van der Waals surface area contributed by atoms with Gasteiger partial charge in [-0.25, -0.2) is 9.18 Å². The molecule has 0 unspecified atom stereocenters. The SMILES string of the molecule is CCOC(=O)[C@@]1(F)C[C@@H]1C(=O)O. The molecule has 0 bridgehead atoms. The number of ether oxygens (including phenoxy) is 1. The van der Waals surface area contributed by atoms with Gasteiger partial charge in [-0.3, -0.25) is 4.79 Å². The van der Waals surface area contributed by atoms with Gasteiger partial charge in [-0.1, -0.05) is 0 Å². The lowest BCUT2D eigenvalue weighted by Crippen LogP contribution is -2.25. The number of aliphatic carboxylic acids is 1. The molecule has 0 aromatic heterocycles. The first kappa shape index (κ1) is 8.96. The molecule has 0 aromatic rings. The van der Waals surface area contributed by atoms with Crippen molar-refractivity contribution in [1.82, 2.24) is 0 Å². The summed E-state index contributed by atoms with van der Waals surface area (Å²) >= 11 is 0. The first-order valence-electron chi connectivity index (χ1n) is 3.61. The van der Waals surface area contributed by atoms with Crippen molar-refractivity contribution in [1.29, 1.82) is 0 Å². The Balaban J connectivity index is 2.54. The molecule has 1 rings (SSSR count). The van der Waals surface area contributed by atoms with E-state index in [1.807, 2.05) is 0 Å². The molecule has 1 aliphatic rings. The lowest BCUT2D eigenvalue weighted by atomic mass is 10.3. The Bertz CT molecular complexity index is 227. The molecule has 4 nitrogen and oxygen atoms in total. The second-order valence-electron chi connectivity index (χ2n) is 2.68. The van der Waals surface area contributed by atoms with Gasteiger partial charge in [0.1, 0.15) is 5.92 Å². The zero-order chi connectivity index (χ0) is 9.35. The normalized spacial score (nSPS) is 32.7. The van der Waals surface area contributed by atoms with Gasteiger partial charge in [0, 0.05) is 6.42 Å². The summed E-state index contributed by atoms with van der Waals surface area (Å²) in [4.78, 5) is 21.0. The number of hydrogen-bond acceptors (Lipinski definition) is 3. The van der Waals surface area contributed by atoms with Crippen LogP contribution >= 0.6 is 0 Å². The lowest BCUT2D eigenvalue weighted by Gasteiger charge is -2.04. The lowest BCUT2D eigenvalue weighted by molar-refractivity contribution is -0.154. The van der Waals surface area contributed by atoms with Crippen molar-refractivity contribution in [2.24, 2.45) is 5.92 Å². The van der Waals surface area contributed by atoms with Crippen LogP contribution in [0.15, 0.2) is 0 Å². The number of carbonyl (C=O) groups is 2.